The van der Waals surface area contributed by atoms with E-state index in [2.05, 4.69) is 0 Å². The van der Waals surface area contributed by atoms with Crippen LogP contribution >= 0.6 is 7.26 Å². The van der Waals surface area contributed by atoms with Gasteiger partial charge in [0.1, 0.15) is 0 Å². The van der Waals surface area contributed by atoms with Crippen molar-refractivity contribution in [3.8, 4) is 0 Å². The minimum Gasteiger partial charge on any atom is -0.200 e. The molecule has 540 valence electrons. The summed E-state index contributed by atoms with van der Waals surface area (Å²) in [7, 11) is -5.70. The number of benzene rings is 1. The third kappa shape index (κ3) is 12.2. The normalized spacial score (nSPS) is 16.7. The first kappa shape index (κ1) is 85.1. The molecule has 0 atom stereocenters. The number of halogens is 51. The van der Waals surface area contributed by atoms with Crippen LogP contribution in [-0.2, 0) is 0 Å². The second-order valence-electron chi connectivity index (χ2n) is 18.9. The molecule has 0 bridgehead atoms. The zero-order valence-electron chi connectivity index (χ0n) is 41.5. The molecule has 1 aromatic carbocycles. The first-order valence-electron chi connectivity index (χ1n) is 22.0. The zero-order chi connectivity index (χ0) is 74.0. The Morgan fingerprint density at radius 2 is 0.330 bits per heavy atom. The van der Waals surface area contributed by atoms with E-state index in [9.17, 15) is 198 Å². The average molecular weight is 1490 g/mol. The van der Waals surface area contributed by atoms with Crippen LogP contribution < -0.4 is 5.30 Å². The minimum absolute atomic E-state index is 0.0507. The molecule has 0 saturated heterocycles. The van der Waals surface area contributed by atoms with Gasteiger partial charge in [0.25, 0.3) is 0 Å². The van der Waals surface area contributed by atoms with Gasteiger partial charge in [0.15, 0.2) is 0 Å². The molecular weight excluding hydrogens is 1470 g/mol. The van der Waals surface area contributed by atoms with E-state index in [1.807, 2.05) is 0 Å². The van der Waals surface area contributed by atoms with E-state index in [1.54, 1.807) is 0 Å². The summed E-state index contributed by atoms with van der Waals surface area (Å²) >= 11 is 0. The third-order valence-corrected chi connectivity index (χ3v) is 17.8. The summed E-state index contributed by atoms with van der Waals surface area (Å²) in [6, 6.07) is 1.16. The molecule has 0 amide bonds. The Kier molecular flexibility index (Phi) is 21.9. The molecule has 91 heavy (non-hydrogen) atoms. The number of hydrogen-bond donors (Lipinski definition) is 0. The molecule has 0 N–H and O–H groups in total. The molecule has 0 saturated carbocycles. The summed E-state index contributed by atoms with van der Waals surface area (Å²) in [6.45, 7) is 0. The van der Waals surface area contributed by atoms with Crippen molar-refractivity contribution in [2.45, 2.75) is 181 Å². The van der Waals surface area contributed by atoms with Crippen molar-refractivity contribution in [3.63, 3.8) is 0 Å². The Morgan fingerprint density at radius 1 is 0.187 bits per heavy atom. The molecule has 1 rings (SSSR count). The number of rotatable bonds is 31. The molecule has 0 radical (unpaired) electrons. The molecule has 0 aromatic heterocycles. The highest BCUT2D eigenvalue weighted by atomic mass is 31.2. The van der Waals surface area contributed by atoms with Crippen LogP contribution in [-0.4, -0.2) is 161 Å². The fraction of sp³-hybridized carbons (Fsp3) is 0.846. The van der Waals surface area contributed by atoms with Crippen molar-refractivity contribution >= 4 is 12.6 Å². The fourth-order valence-electron chi connectivity index (χ4n) is 7.34. The quantitative estimate of drug-likeness (QED) is 0.0513. The van der Waals surface area contributed by atoms with Gasteiger partial charge in [-0.3, -0.25) is 0 Å². The van der Waals surface area contributed by atoms with E-state index < -0.39 is 212 Å². The van der Waals surface area contributed by atoms with Crippen LogP contribution in [0.2, 0.25) is 0 Å². The highest BCUT2D eigenvalue weighted by Gasteiger charge is 2.98. The van der Waals surface area contributed by atoms with Crippen molar-refractivity contribution in [2.24, 2.45) is 0 Å². The van der Waals surface area contributed by atoms with Gasteiger partial charge in [-0.25, -0.2) is 0 Å². The van der Waals surface area contributed by atoms with Crippen LogP contribution in [0.3, 0.4) is 0 Å². The largest absolute Gasteiger partial charge is 0.460 e. The predicted molar refractivity (Wildman–Crippen MR) is 197 cm³/mol. The second-order valence-corrected chi connectivity index (χ2v) is 23.1. The van der Waals surface area contributed by atoms with E-state index in [0.29, 0.717) is 6.07 Å². The Labute approximate surface area is 467 Å². The summed E-state index contributed by atoms with van der Waals surface area (Å²) in [4.78, 5) is 0. The number of hydrogen-bond acceptors (Lipinski definition) is 0. The Bertz CT molecular complexity index is 2360. The van der Waals surface area contributed by atoms with Crippen molar-refractivity contribution < 1.29 is 224 Å². The van der Waals surface area contributed by atoms with Gasteiger partial charge in [0.05, 0.1) is 23.8 Å². The molecular formula is C39H23F51P+. The number of alkyl halides is 51. The van der Waals surface area contributed by atoms with E-state index in [0.717, 1.165) is 0 Å². The SMILES string of the molecule is FC(F)(F)C(F)(F)C(F)(F)C(F)(F)C(F)(F)C(F)(F)C(F)(F)C(F)(F)CCC[P+](CCCC(F)(F)C(F)(F)C(F)(F)C(F)(F)C(F)(F)C(F)(F)C(F)(F)C(F)(F)F)(CCCC(F)(F)C(F)(F)C(F)(F)C(F)(F)C(F)(F)C(F)(F)C(F)(F)C(F)(F)F)c1ccccc1. The lowest BCUT2D eigenvalue weighted by Gasteiger charge is -2.43. The van der Waals surface area contributed by atoms with Gasteiger partial charge in [-0.1, -0.05) is 18.2 Å². The van der Waals surface area contributed by atoms with Crippen LogP contribution in [0.1, 0.15) is 38.5 Å². The molecule has 0 nitrogen and oxygen atoms in total. The van der Waals surface area contributed by atoms with Crippen LogP contribution in [0.15, 0.2) is 30.3 Å². The molecule has 52 heteroatoms. The summed E-state index contributed by atoms with van der Waals surface area (Å²) < 4.78 is 710. The van der Waals surface area contributed by atoms with Gasteiger partial charge in [0, 0.05) is 26.5 Å². The van der Waals surface area contributed by atoms with E-state index in [1.165, 1.54) is 0 Å². The van der Waals surface area contributed by atoms with E-state index in [4.69, 9.17) is 0 Å². The summed E-state index contributed by atoms with van der Waals surface area (Å²) in [6.07, 6.45) is -52.5. The Morgan fingerprint density at radius 3 is 0.484 bits per heavy atom. The summed E-state index contributed by atoms with van der Waals surface area (Å²) in [5.74, 6) is -187. The van der Waals surface area contributed by atoms with Crippen molar-refractivity contribution in [3.05, 3.63) is 30.3 Å². The standard InChI is InChI=1S/C39H23F51P/c40-16(41,19(46,47)22(52,53)25(58,59)28(64,65)31(70,71)34(76,77)37(82,83)84)9-4-12-91(15-7-2-1-3-8-15,13-5-10-17(42,43)20(48,49)23(54,55)26(60,61)29(66,67)32(72,73)35(78,79)38(85,86)87)14-6-11-18(44,45)21(50,51)24(56,57)27(62,63)30(68,69)33(74,75)36(80,81)39(88,89)90/h1-3,7-8H,4-6,9-14H2/q+1. The maximum atomic E-state index is 15.0. The molecule has 0 unspecified atom stereocenters. The first-order chi connectivity index (χ1) is 39.0. The lowest BCUT2D eigenvalue weighted by molar-refractivity contribution is -0.461. The lowest BCUT2D eigenvalue weighted by Crippen LogP contribution is -2.74. The van der Waals surface area contributed by atoms with Crippen LogP contribution in [0.5, 0.6) is 0 Å². The van der Waals surface area contributed by atoms with Gasteiger partial charge >= 0.3 is 143 Å². The molecule has 0 heterocycles. The minimum atomic E-state index is -9.40. The first-order valence-corrected chi connectivity index (χ1v) is 24.4. The zero-order valence-corrected chi connectivity index (χ0v) is 42.4. The topological polar surface area (TPSA) is 0 Å². The summed E-state index contributed by atoms with van der Waals surface area (Å²) in [5.41, 5.74) is 0. The Balaban J connectivity index is 4.33. The van der Waals surface area contributed by atoms with Gasteiger partial charge < -0.3 is 0 Å². The van der Waals surface area contributed by atoms with Gasteiger partial charge in [-0.05, 0) is 31.4 Å². The molecule has 0 aliphatic heterocycles. The molecule has 0 aliphatic rings. The van der Waals surface area contributed by atoms with Crippen LogP contribution in [0, 0.1) is 0 Å². The molecule has 0 fully saturated rings. The fourth-order valence-corrected chi connectivity index (χ4v) is 11.9. The second kappa shape index (κ2) is 23.4. The van der Waals surface area contributed by atoms with Gasteiger partial charge in [-0.15, -0.1) is 0 Å². The van der Waals surface area contributed by atoms with Gasteiger partial charge in [0.2, 0.25) is 0 Å². The van der Waals surface area contributed by atoms with Crippen molar-refractivity contribution in [1.29, 1.82) is 0 Å². The van der Waals surface area contributed by atoms with Crippen LogP contribution in [0.25, 0.3) is 0 Å². The van der Waals surface area contributed by atoms with Gasteiger partial charge in [-0.2, -0.15) is 224 Å². The molecule has 0 aliphatic carbocycles. The highest BCUT2D eigenvalue weighted by Crippen LogP contribution is 2.70. The van der Waals surface area contributed by atoms with E-state index >= 15 is 26.3 Å². The molecule has 1 aromatic rings. The third-order valence-electron chi connectivity index (χ3n) is 12.9. The maximum Gasteiger partial charge on any atom is 0.460 e. The lowest BCUT2D eigenvalue weighted by atomic mass is 9.88. The van der Waals surface area contributed by atoms with Crippen molar-refractivity contribution in [1.82, 2.24) is 0 Å². The van der Waals surface area contributed by atoms with Crippen LogP contribution in [0.4, 0.5) is 224 Å². The monoisotopic (exact) mass is 1490 g/mol. The predicted octanol–water partition coefficient (Wildman–Crippen LogP) is 20.7. The molecule has 0 spiro atoms. The maximum absolute atomic E-state index is 15.0. The van der Waals surface area contributed by atoms with E-state index in [-0.39, 0.29) is 24.3 Å². The smallest absolute Gasteiger partial charge is 0.200 e. The Hall–Kier alpha value is -3.92. The van der Waals surface area contributed by atoms with Crippen molar-refractivity contribution in [2.75, 3.05) is 18.5 Å². The highest BCUT2D eigenvalue weighted by molar-refractivity contribution is 7.82. The summed E-state index contributed by atoms with van der Waals surface area (Å²) in [5, 5.41) is -1.45. The average Bonchev–Trinajstić information content (AvgIpc) is 0.711.